The molecule has 0 spiro atoms. The van der Waals surface area contributed by atoms with Gasteiger partial charge in [0.25, 0.3) is 0 Å². The molecule has 1 rings (SSSR count). The molecule has 0 fully saturated rings. The highest BCUT2D eigenvalue weighted by atomic mass is 32.2. The first-order valence-electron chi connectivity index (χ1n) is 5.12. The molecule has 1 aromatic rings. The lowest BCUT2D eigenvalue weighted by Crippen LogP contribution is -2.10. The molecule has 0 radical (unpaired) electrons. The summed E-state index contributed by atoms with van der Waals surface area (Å²) >= 11 is -0.469. The summed E-state index contributed by atoms with van der Waals surface area (Å²) in [4.78, 5) is 10.9. The molecule has 0 saturated heterocycles. The van der Waals surface area contributed by atoms with E-state index >= 15 is 0 Å². The summed E-state index contributed by atoms with van der Waals surface area (Å²) in [6.45, 7) is 1.57. The van der Waals surface area contributed by atoms with Crippen LogP contribution in [0.1, 0.15) is 12.5 Å². The highest BCUT2D eigenvalue weighted by Crippen LogP contribution is 2.37. The third-order valence-electron chi connectivity index (χ3n) is 1.80. The zero-order valence-electron chi connectivity index (χ0n) is 9.53. The van der Waals surface area contributed by atoms with Gasteiger partial charge in [-0.15, -0.1) is 0 Å². The van der Waals surface area contributed by atoms with Crippen LogP contribution in [-0.2, 0) is 9.53 Å². The van der Waals surface area contributed by atoms with E-state index in [2.05, 4.69) is 4.74 Å². The molecule has 0 unspecified atom stereocenters. The number of carbonyl (C=O) groups is 1. The zero-order chi connectivity index (χ0) is 13.6. The number of carbonyl (C=O) groups excluding carboxylic acids is 1. The van der Waals surface area contributed by atoms with Gasteiger partial charge in [0.1, 0.15) is 4.91 Å². The number of ether oxygens (including phenoxy) is 1. The average molecular weight is 276 g/mol. The van der Waals surface area contributed by atoms with Gasteiger partial charge in [-0.3, -0.25) is 0 Å². The summed E-state index contributed by atoms with van der Waals surface area (Å²) in [5, 5.41) is 0. The fourth-order valence-electron chi connectivity index (χ4n) is 1.16. The smallest absolute Gasteiger partial charge is 0.446 e. The molecule has 0 atom stereocenters. The second-order valence-corrected chi connectivity index (χ2v) is 4.29. The van der Waals surface area contributed by atoms with Crippen molar-refractivity contribution in [2.75, 3.05) is 6.61 Å². The van der Waals surface area contributed by atoms with Crippen LogP contribution in [0.5, 0.6) is 0 Å². The minimum absolute atomic E-state index is 0.0311. The van der Waals surface area contributed by atoms with Crippen LogP contribution in [0.2, 0.25) is 0 Å². The second kappa shape index (κ2) is 6.49. The number of alkyl halides is 3. The van der Waals surface area contributed by atoms with Crippen molar-refractivity contribution in [2.45, 2.75) is 12.4 Å². The highest BCUT2D eigenvalue weighted by molar-refractivity contribution is 8.04. The van der Waals surface area contributed by atoms with Crippen molar-refractivity contribution in [1.29, 1.82) is 0 Å². The van der Waals surface area contributed by atoms with E-state index < -0.39 is 28.1 Å². The van der Waals surface area contributed by atoms with Gasteiger partial charge in [-0.25, -0.2) is 4.79 Å². The van der Waals surface area contributed by atoms with Crippen LogP contribution >= 0.6 is 11.8 Å². The lowest BCUT2D eigenvalue weighted by molar-refractivity contribution is -0.137. The van der Waals surface area contributed by atoms with Crippen LogP contribution in [0.25, 0.3) is 6.08 Å². The van der Waals surface area contributed by atoms with Gasteiger partial charge in [0.05, 0.1) is 6.61 Å². The van der Waals surface area contributed by atoms with Gasteiger partial charge < -0.3 is 4.74 Å². The zero-order valence-corrected chi connectivity index (χ0v) is 10.3. The molecule has 0 aliphatic carbocycles. The Bertz CT molecular complexity index is 427. The second-order valence-electron chi connectivity index (χ2n) is 3.19. The van der Waals surface area contributed by atoms with Gasteiger partial charge in [0.15, 0.2) is 0 Å². The fraction of sp³-hybridized carbons (Fsp3) is 0.250. The number of hydrogen-bond donors (Lipinski definition) is 0. The molecular weight excluding hydrogens is 265 g/mol. The average Bonchev–Trinajstić information content (AvgIpc) is 2.28. The molecule has 2 nitrogen and oxygen atoms in total. The number of rotatable bonds is 4. The summed E-state index contributed by atoms with van der Waals surface area (Å²) < 4.78 is 41.6. The molecule has 18 heavy (non-hydrogen) atoms. The van der Waals surface area contributed by atoms with E-state index in [0.29, 0.717) is 5.56 Å². The van der Waals surface area contributed by atoms with Crippen molar-refractivity contribution < 1.29 is 22.7 Å². The number of hydrogen-bond acceptors (Lipinski definition) is 3. The molecule has 0 amide bonds. The molecule has 0 saturated carbocycles. The Morgan fingerprint density at radius 3 is 2.44 bits per heavy atom. The Hall–Kier alpha value is -1.43. The maximum absolute atomic E-state index is 12.3. The van der Waals surface area contributed by atoms with Gasteiger partial charge in [-0.05, 0) is 30.3 Å². The lowest BCUT2D eigenvalue weighted by Gasteiger charge is -2.09. The fourth-order valence-corrected chi connectivity index (χ4v) is 1.74. The van der Waals surface area contributed by atoms with Gasteiger partial charge in [-0.2, -0.15) is 13.2 Å². The Morgan fingerprint density at radius 2 is 1.94 bits per heavy atom. The van der Waals surface area contributed by atoms with Gasteiger partial charge in [0.2, 0.25) is 0 Å². The molecule has 0 heterocycles. The largest absolute Gasteiger partial charge is 0.462 e. The van der Waals surface area contributed by atoms with Crippen LogP contribution < -0.4 is 0 Å². The Kier molecular flexibility index (Phi) is 5.27. The van der Waals surface area contributed by atoms with E-state index in [1.54, 1.807) is 30.3 Å². The first-order valence-corrected chi connectivity index (χ1v) is 5.93. The van der Waals surface area contributed by atoms with Crippen LogP contribution in [0, 0.1) is 0 Å². The van der Waals surface area contributed by atoms with Crippen molar-refractivity contribution in [1.82, 2.24) is 0 Å². The van der Waals surface area contributed by atoms with Crippen LogP contribution in [0.15, 0.2) is 35.2 Å². The van der Waals surface area contributed by atoms with E-state index in [1.165, 1.54) is 6.92 Å². The van der Waals surface area contributed by atoms with Crippen molar-refractivity contribution in [3.05, 3.63) is 40.8 Å². The molecule has 0 N–H and O–H groups in total. The van der Waals surface area contributed by atoms with E-state index in [1.807, 2.05) is 0 Å². The lowest BCUT2D eigenvalue weighted by atomic mass is 10.2. The monoisotopic (exact) mass is 276 g/mol. The van der Waals surface area contributed by atoms with E-state index in [4.69, 9.17) is 0 Å². The van der Waals surface area contributed by atoms with E-state index in [-0.39, 0.29) is 6.61 Å². The maximum Gasteiger partial charge on any atom is 0.446 e. The number of esters is 1. The SMILES string of the molecule is CCOC(=O)/C(=C\c1ccccc1)SC(F)(F)F. The van der Waals surface area contributed by atoms with E-state index in [9.17, 15) is 18.0 Å². The quantitative estimate of drug-likeness (QED) is 0.617. The third-order valence-corrected chi connectivity index (χ3v) is 2.54. The van der Waals surface area contributed by atoms with Crippen molar-refractivity contribution in [3.8, 4) is 0 Å². The van der Waals surface area contributed by atoms with E-state index in [0.717, 1.165) is 6.08 Å². The third kappa shape index (κ3) is 5.27. The maximum atomic E-state index is 12.3. The number of halogens is 3. The minimum atomic E-state index is -4.52. The molecule has 0 aromatic heterocycles. The Labute approximate surface area is 107 Å². The Morgan fingerprint density at radius 1 is 1.33 bits per heavy atom. The van der Waals surface area contributed by atoms with Crippen molar-refractivity contribution in [3.63, 3.8) is 0 Å². The minimum Gasteiger partial charge on any atom is -0.462 e. The molecule has 0 aliphatic heterocycles. The molecule has 0 bridgehead atoms. The van der Waals surface area contributed by atoms with Crippen LogP contribution in [0.4, 0.5) is 13.2 Å². The molecule has 0 aliphatic rings. The first kappa shape index (κ1) is 14.6. The van der Waals surface area contributed by atoms with Gasteiger partial charge in [-0.1, -0.05) is 30.3 Å². The summed E-state index contributed by atoms with van der Waals surface area (Å²) in [6, 6.07) is 8.30. The normalized spacial score (nSPS) is 12.3. The molecule has 6 heteroatoms. The number of thioether (sulfide) groups is 1. The molecular formula is C12H11F3O2S. The predicted octanol–water partition coefficient (Wildman–Crippen LogP) is 3.84. The van der Waals surface area contributed by atoms with Crippen LogP contribution in [-0.4, -0.2) is 18.1 Å². The topological polar surface area (TPSA) is 26.3 Å². The summed E-state index contributed by atoms with van der Waals surface area (Å²) in [5.41, 5.74) is -4.01. The van der Waals surface area contributed by atoms with Crippen LogP contribution in [0.3, 0.4) is 0 Å². The summed E-state index contributed by atoms with van der Waals surface area (Å²) in [7, 11) is 0. The van der Waals surface area contributed by atoms with Gasteiger partial charge in [0, 0.05) is 0 Å². The number of benzene rings is 1. The first-order chi connectivity index (χ1) is 8.42. The molecule has 98 valence electrons. The predicted molar refractivity (Wildman–Crippen MR) is 64.7 cm³/mol. The summed E-state index contributed by atoms with van der Waals surface area (Å²) in [5.74, 6) is -0.969. The standard InChI is InChI=1S/C12H11F3O2S/c1-2-17-11(16)10(18-12(13,14)15)8-9-6-4-3-5-7-9/h3-8H,2H2,1H3/b10-8+. The highest BCUT2D eigenvalue weighted by Gasteiger charge is 2.33. The van der Waals surface area contributed by atoms with Gasteiger partial charge >= 0.3 is 11.5 Å². The Balaban J connectivity index is 2.97. The van der Waals surface area contributed by atoms with Crippen molar-refractivity contribution >= 4 is 23.8 Å². The summed E-state index contributed by atoms with van der Waals surface area (Å²) in [6.07, 6.45) is 1.16. The molecule has 1 aromatic carbocycles. The van der Waals surface area contributed by atoms with Crippen molar-refractivity contribution in [2.24, 2.45) is 0 Å².